The minimum Gasteiger partial charge on any atom is -0.495 e. The van der Waals surface area contributed by atoms with Gasteiger partial charge in [0.05, 0.1) is 26.5 Å². The monoisotopic (exact) mass is 421 g/mol. The van der Waals surface area contributed by atoms with E-state index in [1.807, 2.05) is 6.07 Å². The summed E-state index contributed by atoms with van der Waals surface area (Å²) in [4.78, 5) is 19.6. The van der Waals surface area contributed by atoms with Crippen LogP contribution in [0.25, 0.3) is 11.1 Å². The van der Waals surface area contributed by atoms with E-state index >= 15 is 0 Å². The molecule has 0 saturated carbocycles. The van der Waals surface area contributed by atoms with Crippen molar-refractivity contribution in [3.63, 3.8) is 0 Å². The van der Waals surface area contributed by atoms with E-state index in [1.165, 1.54) is 11.1 Å². The predicted octanol–water partition coefficient (Wildman–Crippen LogP) is 2.10. The number of anilines is 1. The molecule has 1 aromatic heterocycles. The molecule has 1 aromatic carbocycles. The fourth-order valence-electron chi connectivity index (χ4n) is 5.15. The van der Waals surface area contributed by atoms with Crippen molar-refractivity contribution < 1.29 is 19.4 Å². The molecule has 2 aromatic rings. The van der Waals surface area contributed by atoms with E-state index in [9.17, 15) is 15.2 Å². The molecule has 0 spiro atoms. The zero-order chi connectivity index (χ0) is 21.7. The van der Waals surface area contributed by atoms with Crippen LogP contribution in [0.3, 0.4) is 0 Å². The maximum absolute atomic E-state index is 11.7. The molecule has 3 atom stereocenters. The summed E-state index contributed by atoms with van der Waals surface area (Å²) < 4.78 is 11.2. The molecule has 160 valence electrons. The summed E-state index contributed by atoms with van der Waals surface area (Å²) in [6.07, 6.45) is 1.04. The van der Waals surface area contributed by atoms with Gasteiger partial charge in [-0.25, -0.2) is 9.78 Å². The first-order valence-electron chi connectivity index (χ1n) is 10.2. The normalized spacial score (nSPS) is 24.1. The fraction of sp³-hybridized carbons (Fsp3) is 0.409. The Morgan fingerprint density at radius 2 is 2.26 bits per heavy atom. The van der Waals surface area contributed by atoms with Crippen LogP contribution in [0.4, 0.5) is 10.5 Å². The van der Waals surface area contributed by atoms with Gasteiger partial charge in [0.1, 0.15) is 23.7 Å². The first kappa shape index (κ1) is 19.6. The third-order valence-corrected chi connectivity index (χ3v) is 6.50. The van der Waals surface area contributed by atoms with Gasteiger partial charge in [-0.2, -0.15) is 5.26 Å². The average Bonchev–Trinajstić information content (AvgIpc) is 3.02. The highest BCUT2D eigenvalue weighted by Crippen LogP contribution is 2.49. The smallest absolute Gasteiger partial charge is 0.407 e. The molecule has 0 aliphatic carbocycles. The van der Waals surface area contributed by atoms with Gasteiger partial charge in [0, 0.05) is 41.9 Å². The molecule has 1 saturated heterocycles. The summed E-state index contributed by atoms with van der Waals surface area (Å²) in [6, 6.07) is 8.15. The van der Waals surface area contributed by atoms with E-state index in [0.29, 0.717) is 49.7 Å². The van der Waals surface area contributed by atoms with Gasteiger partial charge in [-0.3, -0.25) is 0 Å². The Labute approximate surface area is 179 Å². The molecule has 9 heteroatoms. The molecule has 5 rings (SSSR count). The summed E-state index contributed by atoms with van der Waals surface area (Å²) in [5.41, 5.74) is 11.4. The quantitative estimate of drug-likeness (QED) is 0.755. The van der Waals surface area contributed by atoms with Crippen LogP contribution in [0.15, 0.2) is 24.4 Å². The van der Waals surface area contributed by atoms with Crippen molar-refractivity contribution in [1.29, 1.82) is 5.26 Å². The Hall–Kier alpha value is -3.35. The molecule has 1 unspecified atom stereocenters. The van der Waals surface area contributed by atoms with Gasteiger partial charge in [0.25, 0.3) is 0 Å². The molecule has 1 fully saturated rings. The number of piperidine rings is 1. The van der Waals surface area contributed by atoms with Gasteiger partial charge in [-0.05, 0) is 35.7 Å². The van der Waals surface area contributed by atoms with Crippen molar-refractivity contribution in [3.8, 4) is 22.9 Å². The summed E-state index contributed by atoms with van der Waals surface area (Å²) in [6.45, 7) is 1.71. The number of amides is 1. The Bertz CT molecular complexity index is 1100. The van der Waals surface area contributed by atoms with Crippen LogP contribution in [-0.4, -0.2) is 60.1 Å². The molecule has 9 nitrogen and oxygen atoms in total. The van der Waals surface area contributed by atoms with Gasteiger partial charge in [-0.1, -0.05) is 0 Å². The van der Waals surface area contributed by atoms with E-state index in [-0.39, 0.29) is 18.1 Å². The van der Waals surface area contributed by atoms with E-state index in [0.717, 1.165) is 22.4 Å². The number of ether oxygens (including phenoxy) is 2. The second-order valence-electron chi connectivity index (χ2n) is 8.14. The Kier molecular flexibility index (Phi) is 4.68. The molecule has 3 N–H and O–H groups in total. The summed E-state index contributed by atoms with van der Waals surface area (Å²) in [5.74, 6) is 0.569. The number of aromatic nitrogens is 1. The number of methoxy groups -OCH3 is 1. The third-order valence-electron chi connectivity index (χ3n) is 6.50. The number of nitrogens with two attached hydrogens (primary N) is 1. The predicted molar refractivity (Wildman–Crippen MR) is 112 cm³/mol. The first-order valence-corrected chi connectivity index (χ1v) is 10.2. The van der Waals surface area contributed by atoms with E-state index < -0.39 is 6.09 Å². The number of rotatable bonds is 2. The second kappa shape index (κ2) is 7.41. The number of nitrogens with zero attached hydrogens (tertiary/aromatic N) is 4. The molecular weight excluding hydrogens is 398 g/mol. The fourth-order valence-corrected chi connectivity index (χ4v) is 5.15. The molecule has 3 aliphatic rings. The molecule has 0 radical (unpaired) electrons. The lowest BCUT2D eigenvalue weighted by Gasteiger charge is -2.39. The number of nitriles is 1. The number of pyridine rings is 1. The minimum atomic E-state index is -0.904. The highest BCUT2D eigenvalue weighted by molar-refractivity contribution is 5.79. The van der Waals surface area contributed by atoms with Crippen molar-refractivity contribution in [2.75, 3.05) is 31.7 Å². The highest BCUT2D eigenvalue weighted by atomic mass is 16.5. The lowest BCUT2D eigenvalue weighted by molar-refractivity contribution is 0.105. The van der Waals surface area contributed by atoms with Crippen molar-refractivity contribution in [1.82, 2.24) is 9.88 Å². The number of likely N-dealkylation sites (tertiary alicyclic amines) is 1. The number of hydrogen-bond donors (Lipinski definition) is 2. The van der Waals surface area contributed by atoms with Gasteiger partial charge < -0.3 is 30.1 Å². The highest BCUT2D eigenvalue weighted by Gasteiger charge is 2.46. The average molecular weight is 421 g/mol. The van der Waals surface area contributed by atoms with E-state index in [2.05, 4.69) is 22.0 Å². The van der Waals surface area contributed by atoms with Crippen LogP contribution < -0.4 is 15.4 Å². The minimum absolute atomic E-state index is 0.00630. The summed E-state index contributed by atoms with van der Waals surface area (Å²) >= 11 is 0. The van der Waals surface area contributed by atoms with Crippen LogP contribution in [-0.2, 0) is 11.3 Å². The number of benzene rings is 1. The van der Waals surface area contributed by atoms with Crippen molar-refractivity contribution in [2.45, 2.75) is 31.2 Å². The zero-order valence-corrected chi connectivity index (χ0v) is 17.1. The number of carboxylic acid groups (broad SMARTS) is 1. The van der Waals surface area contributed by atoms with Crippen LogP contribution >= 0.6 is 0 Å². The van der Waals surface area contributed by atoms with Crippen LogP contribution in [0, 0.1) is 11.3 Å². The molecule has 1 amide bonds. The lowest BCUT2D eigenvalue weighted by atomic mass is 9.87. The lowest BCUT2D eigenvalue weighted by Crippen LogP contribution is -2.54. The molecule has 3 aliphatic heterocycles. The summed E-state index contributed by atoms with van der Waals surface area (Å²) in [7, 11) is 1.56. The zero-order valence-electron chi connectivity index (χ0n) is 17.1. The molecule has 4 heterocycles. The van der Waals surface area contributed by atoms with Crippen LogP contribution in [0.2, 0.25) is 0 Å². The van der Waals surface area contributed by atoms with Gasteiger partial charge in [-0.15, -0.1) is 0 Å². The van der Waals surface area contributed by atoms with E-state index in [4.69, 9.17) is 15.2 Å². The Morgan fingerprint density at radius 3 is 3.00 bits per heavy atom. The number of carbonyl (C=O) groups is 1. The largest absolute Gasteiger partial charge is 0.495 e. The van der Waals surface area contributed by atoms with Crippen LogP contribution in [0.1, 0.15) is 29.2 Å². The topological polar surface area (TPSA) is 125 Å². The maximum Gasteiger partial charge on any atom is 0.407 e. The third kappa shape index (κ3) is 3.07. The Balaban J connectivity index is 1.69. The molecule has 0 bridgehead atoms. The second-order valence-corrected chi connectivity index (χ2v) is 8.14. The van der Waals surface area contributed by atoms with E-state index in [1.54, 1.807) is 13.2 Å². The number of fused-ring (bicyclic) bond motifs is 3. The first-order chi connectivity index (χ1) is 15.0. The SMILES string of the molecule is COc1cnc(C#N)c(-c2cc3c4c(c2)[C@@H]2CN(C(=O)O)CC[C@@H]2N4C(N)COC3)c1. The summed E-state index contributed by atoms with van der Waals surface area (Å²) in [5, 5.41) is 19.2. The van der Waals surface area contributed by atoms with Gasteiger partial charge in [0.2, 0.25) is 0 Å². The van der Waals surface area contributed by atoms with Crippen molar-refractivity contribution in [2.24, 2.45) is 5.73 Å². The maximum atomic E-state index is 11.7. The van der Waals surface area contributed by atoms with Crippen LogP contribution in [0.5, 0.6) is 5.75 Å². The van der Waals surface area contributed by atoms with Crippen molar-refractivity contribution >= 4 is 11.8 Å². The molecular formula is C22H23N5O4. The van der Waals surface area contributed by atoms with Gasteiger partial charge in [0.15, 0.2) is 0 Å². The number of hydrogen-bond acceptors (Lipinski definition) is 7. The standard InChI is InChI=1S/C22H23N5O4/c1-30-14-6-15(18(7-23)25-8-14)12-4-13-10-31-11-20(24)27-19-2-3-26(22(28)29)9-17(19)16(5-12)21(13)27/h4-6,8,17,19-20H,2-3,9-11,24H2,1H3,(H,28,29)/t17-,19-,20?/m0/s1. The Morgan fingerprint density at radius 1 is 1.42 bits per heavy atom. The van der Waals surface area contributed by atoms with Crippen molar-refractivity contribution in [3.05, 3.63) is 41.2 Å². The molecule has 31 heavy (non-hydrogen) atoms. The van der Waals surface area contributed by atoms with Gasteiger partial charge >= 0.3 is 6.09 Å².